The molecule has 0 aromatic carbocycles. The van der Waals surface area contributed by atoms with Crippen molar-refractivity contribution >= 4 is 27.7 Å². The van der Waals surface area contributed by atoms with Gasteiger partial charge in [-0.2, -0.15) is 0 Å². The molecule has 0 aliphatic rings. The van der Waals surface area contributed by atoms with Crippen molar-refractivity contribution in [2.75, 3.05) is 19.5 Å². The molecule has 1 aromatic heterocycles. The van der Waals surface area contributed by atoms with Gasteiger partial charge in [-0.3, -0.25) is 0 Å². The number of halogens is 2. The Hall–Kier alpha value is -0.130. The van der Waals surface area contributed by atoms with Crippen LogP contribution in [-0.2, 0) is 4.74 Å². The molecule has 0 fully saturated rings. The van der Waals surface area contributed by atoms with Crippen molar-refractivity contribution in [2.45, 2.75) is 11.4 Å². The summed E-state index contributed by atoms with van der Waals surface area (Å²) in [5.41, 5.74) is 0. The van der Waals surface area contributed by atoms with Crippen molar-refractivity contribution in [3.05, 3.63) is 22.6 Å². The van der Waals surface area contributed by atoms with Crippen molar-refractivity contribution in [3.8, 4) is 0 Å². The first-order valence-electron chi connectivity index (χ1n) is 4.17. The number of hydrogen-bond donors (Lipinski definition) is 0. The molecule has 1 rings (SSSR count). The number of hydrogen-bond acceptors (Lipinski definition) is 3. The van der Waals surface area contributed by atoms with Crippen LogP contribution in [0.1, 0.15) is 6.42 Å². The van der Waals surface area contributed by atoms with Crippen LogP contribution in [0.25, 0.3) is 0 Å². The molecule has 0 aliphatic heterocycles. The Morgan fingerprint density at radius 2 is 2.43 bits per heavy atom. The van der Waals surface area contributed by atoms with Crippen LogP contribution in [0.4, 0.5) is 4.39 Å². The van der Waals surface area contributed by atoms with Crippen LogP contribution in [0.2, 0.25) is 0 Å². The van der Waals surface area contributed by atoms with Crippen LogP contribution >= 0.6 is 27.7 Å². The van der Waals surface area contributed by atoms with Crippen molar-refractivity contribution in [3.63, 3.8) is 0 Å². The molecule has 0 N–H and O–H groups in total. The second-order valence-corrected chi connectivity index (χ2v) is 4.63. The molecule has 78 valence electrons. The molecule has 14 heavy (non-hydrogen) atoms. The fourth-order valence-electron chi connectivity index (χ4n) is 0.880. The van der Waals surface area contributed by atoms with E-state index in [0.717, 1.165) is 12.2 Å². The summed E-state index contributed by atoms with van der Waals surface area (Å²) >= 11 is 4.57. The van der Waals surface area contributed by atoms with Crippen LogP contribution in [0.5, 0.6) is 0 Å². The van der Waals surface area contributed by atoms with E-state index < -0.39 is 0 Å². The topological polar surface area (TPSA) is 22.1 Å². The van der Waals surface area contributed by atoms with Gasteiger partial charge in [-0.15, -0.1) is 11.8 Å². The molecule has 1 heterocycles. The zero-order valence-corrected chi connectivity index (χ0v) is 10.2. The molecule has 0 atom stereocenters. The Morgan fingerprint density at radius 1 is 1.64 bits per heavy atom. The van der Waals surface area contributed by atoms with Gasteiger partial charge < -0.3 is 4.74 Å². The largest absolute Gasteiger partial charge is 0.385 e. The molecule has 5 heteroatoms. The predicted molar refractivity (Wildman–Crippen MR) is 59.1 cm³/mol. The van der Waals surface area contributed by atoms with Crippen molar-refractivity contribution in [1.82, 2.24) is 4.98 Å². The minimum atomic E-state index is -0.276. The first kappa shape index (κ1) is 11.9. The number of thioether (sulfide) groups is 1. The lowest BCUT2D eigenvalue weighted by Gasteiger charge is -2.01. The van der Waals surface area contributed by atoms with E-state index >= 15 is 0 Å². The predicted octanol–water partition coefficient (Wildman–Crippen LogP) is 3.11. The van der Waals surface area contributed by atoms with E-state index in [1.54, 1.807) is 13.3 Å². The van der Waals surface area contributed by atoms with E-state index in [2.05, 4.69) is 20.9 Å². The summed E-state index contributed by atoms with van der Waals surface area (Å²) in [6, 6.07) is 1.42. The Bertz CT molecular complexity index is 298. The summed E-state index contributed by atoms with van der Waals surface area (Å²) in [4.78, 5) is 3.98. The van der Waals surface area contributed by atoms with E-state index in [1.807, 2.05) is 0 Å². The lowest BCUT2D eigenvalue weighted by molar-refractivity contribution is 0.200. The lowest BCUT2D eigenvalue weighted by Crippen LogP contribution is -1.92. The highest BCUT2D eigenvalue weighted by atomic mass is 79.9. The zero-order chi connectivity index (χ0) is 10.4. The highest BCUT2D eigenvalue weighted by Gasteiger charge is 2.04. The lowest BCUT2D eigenvalue weighted by atomic mass is 10.5. The average Bonchev–Trinajstić information content (AvgIpc) is 2.15. The fourth-order valence-corrected chi connectivity index (χ4v) is 1.96. The van der Waals surface area contributed by atoms with Crippen LogP contribution in [0.15, 0.2) is 21.8 Å². The Labute approximate surface area is 95.4 Å². The molecule has 0 unspecified atom stereocenters. The summed E-state index contributed by atoms with van der Waals surface area (Å²) in [6.07, 6.45) is 2.50. The second-order valence-electron chi connectivity index (χ2n) is 2.64. The summed E-state index contributed by atoms with van der Waals surface area (Å²) < 4.78 is 18.8. The van der Waals surface area contributed by atoms with Gasteiger partial charge in [-0.05, 0) is 28.4 Å². The smallest absolute Gasteiger partial charge is 0.156 e. The molecule has 0 aliphatic carbocycles. The summed E-state index contributed by atoms with van der Waals surface area (Å²) in [5, 5.41) is 0.448. The quantitative estimate of drug-likeness (QED) is 0.611. The molecule has 2 nitrogen and oxygen atoms in total. The molecule has 0 amide bonds. The van der Waals surface area contributed by atoms with E-state index in [9.17, 15) is 4.39 Å². The van der Waals surface area contributed by atoms with E-state index in [-0.39, 0.29) is 5.82 Å². The minimum absolute atomic E-state index is 0.276. The molecular formula is C9H11BrFNOS. The van der Waals surface area contributed by atoms with Gasteiger partial charge in [0.25, 0.3) is 0 Å². The molecular weight excluding hydrogens is 269 g/mol. The number of methoxy groups -OCH3 is 1. The third kappa shape index (κ3) is 3.94. The minimum Gasteiger partial charge on any atom is -0.385 e. The second kappa shape index (κ2) is 6.37. The zero-order valence-electron chi connectivity index (χ0n) is 7.80. The van der Waals surface area contributed by atoms with Crippen LogP contribution in [0, 0.1) is 5.82 Å². The number of ether oxygens (including phenoxy) is 1. The Balaban J connectivity index is 2.42. The van der Waals surface area contributed by atoms with Gasteiger partial charge >= 0.3 is 0 Å². The van der Waals surface area contributed by atoms with Gasteiger partial charge in [0.1, 0.15) is 5.03 Å². The number of rotatable bonds is 5. The first-order chi connectivity index (χ1) is 6.74. The Kier molecular flexibility index (Phi) is 5.44. The standard InChI is InChI=1S/C9H11BrFNOS/c1-13-3-2-4-14-9-8(11)5-7(10)6-12-9/h5-6H,2-4H2,1H3. The summed E-state index contributed by atoms with van der Waals surface area (Å²) in [6.45, 7) is 0.700. The number of pyridine rings is 1. The van der Waals surface area contributed by atoms with E-state index in [1.165, 1.54) is 17.8 Å². The maximum atomic E-state index is 13.2. The first-order valence-corrected chi connectivity index (χ1v) is 5.94. The van der Waals surface area contributed by atoms with Gasteiger partial charge in [0.2, 0.25) is 0 Å². The average molecular weight is 280 g/mol. The maximum Gasteiger partial charge on any atom is 0.156 e. The van der Waals surface area contributed by atoms with Gasteiger partial charge in [0, 0.05) is 30.1 Å². The van der Waals surface area contributed by atoms with Crippen molar-refractivity contribution in [1.29, 1.82) is 0 Å². The SMILES string of the molecule is COCCCSc1ncc(Br)cc1F. The fraction of sp³-hybridized carbons (Fsp3) is 0.444. The molecule has 0 spiro atoms. The molecule has 0 saturated heterocycles. The van der Waals surface area contributed by atoms with Crippen LogP contribution < -0.4 is 0 Å². The number of nitrogens with zero attached hydrogens (tertiary/aromatic N) is 1. The van der Waals surface area contributed by atoms with Gasteiger partial charge in [-0.1, -0.05) is 0 Å². The van der Waals surface area contributed by atoms with Crippen LogP contribution in [-0.4, -0.2) is 24.5 Å². The van der Waals surface area contributed by atoms with Crippen LogP contribution in [0.3, 0.4) is 0 Å². The van der Waals surface area contributed by atoms with E-state index in [4.69, 9.17) is 4.74 Å². The van der Waals surface area contributed by atoms with Gasteiger partial charge in [0.05, 0.1) is 0 Å². The van der Waals surface area contributed by atoms with Crippen molar-refractivity contribution < 1.29 is 9.13 Å². The van der Waals surface area contributed by atoms with Gasteiger partial charge in [-0.25, -0.2) is 9.37 Å². The maximum absolute atomic E-state index is 13.2. The third-order valence-electron chi connectivity index (χ3n) is 1.51. The van der Waals surface area contributed by atoms with E-state index in [0.29, 0.717) is 16.1 Å². The monoisotopic (exact) mass is 279 g/mol. The normalized spacial score (nSPS) is 10.5. The highest BCUT2D eigenvalue weighted by molar-refractivity contribution is 9.10. The summed E-state index contributed by atoms with van der Waals surface area (Å²) in [5.74, 6) is 0.543. The Morgan fingerprint density at radius 3 is 3.07 bits per heavy atom. The highest BCUT2D eigenvalue weighted by Crippen LogP contribution is 2.22. The van der Waals surface area contributed by atoms with Crippen molar-refractivity contribution in [2.24, 2.45) is 0 Å². The summed E-state index contributed by atoms with van der Waals surface area (Å²) in [7, 11) is 1.66. The molecule has 0 bridgehead atoms. The van der Waals surface area contributed by atoms with Gasteiger partial charge in [0.15, 0.2) is 5.82 Å². The number of aromatic nitrogens is 1. The molecule has 1 aromatic rings. The molecule has 0 saturated carbocycles. The molecule has 0 radical (unpaired) electrons. The third-order valence-corrected chi connectivity index (χ3v) is 3.01.